The van der Waals surface area contributed by atoms with Crippen LogP contribution in [0.4, 0.5) is 0 Å². The fourth-order valence-electron chi connectivity index (χ4n) is 2.57. The van der Waals surface area contributed by atoms with Gasteiger partial charge in [-0.25, -0.2) is 0 Å². The van der Waals surface area contributed by atoms with Gasteiger partial charge in [-0.05, 0) is 35.4 Å². The maximum atomic E-state index is 11.1. The number of ether oxygens (including phenoxy) is 2. The zero-order valence-electron chi connectivity index (χ0n) is 13.9. The molecule has 0 aromatic heterocycles. The molecule has 1 heterocycles. The largest absolute Gasteiger partial charge is 0.493 e. The molecule has 0 bridgehead atoms. The number of carboxylic acids is 1. The van der Waals surface area contributed by atoms with Crippen LogP contribution in [-0.4, -0.2) is 30.0 Å². The molecule has 26 heavy (non-hydrogen) atoms. The highest BCUT2D eigenvalue weighted by Crippen LogP contribution is 2.42. The molecule has 3 rings (SSSR count). The SMILES string of the molecule is COc1cc([C@H]2N[C@H](C(=O)O)CS2)cc(Cl)c1OCc1ccc(Cl)cc1. The van der Waals surface area contributed by atoms with Crippen molar-refractivity contribution in [1.82, 2.24) is 5.32 Å². The van der Waals surface area contributed by atoms with Crippen LogP contribution >= 0.6 is 35.0 Å². The summed E-state index contributed by atoms with van der Waals surface area (Å²) in [6.45, 7) is 0.324. The van der Waals surface area contributed by atoms with E-state index in [-0.39, 0.29) is 5.37 Å². The number of methoxy groups -OCH3 is 1. The van der Waals surface area contributed by atoms with Crippen molar-refractivity contribution in [3.63, 3.8) is 0 Å². The Balaban J connectivity index is 1.77. The van der Waals surface area contributed by atoms with Crippen molar-refractivity contribution < 1.29 is 19.4 Å². The molecule has 0 radical (unpaired) electrons. The average Bonchev–Trinajstić information content (AvgIpc) is 3.12. The lowest BCUT2D eigenvalue weighted by molar-refractivity contribution is -0.138. The van der Waals surface area contributed by atoms with E-state index in [0.717, 1.165) is 11.1 Å². The molecule has 2 aromatic rings. The summed E-state index contributed by atoms with van der Waals surface area (Å²) < 4.78 is 11.3. The van der Waals surface area contributed by atoms with Gasteiger partial charge in [-0.3, -0.25) is 10.1 Å². The van der Waals surface area contributed by atoms with Gasteiger partial charge in [0.2, 0.25) is 0 Å². The smallest absolute Gasteiger partial charge is 0.321 e. The van der Waals surface area contributed by atoms with Gasteiger partial charge in [-0.1, -0.05) is 35.3 Å². The van der Waals surface area contributed by atoms with Crippen LogP contribution in [0, 0.1) is 0 Å². The topological polar surface area (TPSA) is 67.8 Å². The van der Waals surface area contributed by atoms with Crippen molar-refractivity contribution in [3.8, 4) is 11.5 Å². The molecule has 1 saturated heterocycles. The first-order chi connectivity index (χ1) is 12.5. The molecule has 0 spiro atoms. The molecular weight excluding hydrogens is 397 g/mol. The molecule has 1 fully saturated rings. The second-order valence-electron chi connectivity index (χ2n) is 5.72. The van der Waals surface area contributed by atoms with E-state index in [4.69, 9.17) is 37.8 Å². The summed E-state index contributed by atoms with van der Waals surface area (Å²) in [4.78, 5) is 11.1. The number of carboxylic acid groups (broad SMARTS) is 1. The molecule has 2 atom stereocenters. The number of halogens is 2. The number of hydrogen-bond donors (Lipinski definition) is 2. The highest BCUT2D eigenvalue weighted by atomic mass is 35.5. The molecule has 8 heteroatoms. The van der Waals surface area contributed by atoms with Crippen LogP contribution < -0.4 is 14.8 Å². The van der Waals surface area contributed by atoms with Gasteiger partial charge >= 0.3 is 5.97 Å². The summed E-state index contributed by atoms with van der Waals surface area (Å²) in [6.07, 6.45) is 0. The van der Waals surface area contributed by atoms with E-state index in [9.17, 15) is 4.79 Å². The molecule has 0 aliphatic carbocycles. The van der Waals surface area contributed by atoms with Crippen LogP contribution in [0.3, 0.4) is 0 Å². The molecule has 1 aliphatic heterocycles. The molecule has 1 aliphatic rings. The van der Waals surface area contributed by atoms with Gasteiger partial charge in [0.1, 0.15) is 12.6 Å². The maximum Gasteiger partial charge on any atom is 0.321 e. The third kappa shape index (κ3) is 4.38. The lowest BCUT2D eigenvalue weighted by Crippen LogP contribution is -2.33. The highest BCUT2D eigenvalue weighted by Gasteiger charge is 2.31. The Morgan fingerprint density at radius 3 is 2.65 bits per heavy atom. The number of thioether (sulfide) groups is 1. The van der Waals surface area contributed by atoms with Crippen LogP contribution in [0.2, 0.25) is 10.0 Å². The van der Waals surface area contributed by atoms with Gasteiger partial charge in [0.15, 0.2) is 11.5 Å². The minimum Gasteiger partial charge on any atom is -0.493 e. The number of rotatable bonds is 6. The Labute approximate surface area is 165 Å². The Hall–Kier alpha value is -1.60. The third-order valence-corrected chi connectivity index (χ3v) is 5.73. The van der Waals surface area contributed by atoms with Crippen molar-refractivity contribution in [2.75, 3.05) is 12.9 Å². The summed E-state index contributed by atoms with van der Waals surface area (Å²) in [5, 5.41) is 13.1. The molecule has 5 nitrogen and oxygen atoms in total. The summed E-state index contributed by atoms with van der Waals surface area (Å²) in [7, 11) is 1.54. The quantitative estimate of drug-likeness (QED) is 0.732. The van der Waals surface area contributed by atoms with E-state index in [2.05, 4.69) is 5.32 Å². The van der Waals surface area contributed by atoms with Crippen molar-refractivity contribution in [2.24, 2.45) is 0 Å². The minimum absolute atomic E-state index is 0.159. The van der Waals surface area contributed by atoms with Crippen molar-refractivity contribution in [2.45, 2.75) is 18.0 Å². The Morgan fingerprint density at radius 2 is 2.04 bits per heavy atom. The maximum absolute atomic E-state index is 11.1. The van der Waals surface area contributed by atoms with Crippen LogP contribution in [0.5, 0.6) is 11.5 Å². The lowest BCUT2D eigenvalue weighted by atomic mass is 10.1. The number of nitrogens with one attached hydrogen (secondary N) is 1. The standard InChI is InChI=1S/C18H17Cl2NO4S/c1-24-15-7-11(17-21-14(9-26-17)18(22)23)6-13(20)16(15)25-8-10-2-4-12(19)5-3-10/h2-7,14,17,21H,8-9H2,1H3,(H,22,23)/t14-,17-/m0/s1. The number of carbonyl (C=O) groups is 1. The van der Waals surface area contributed by atoms with Crippen LogP contribution in [0.15, 0.2) is 36.4 Å². The lowest BCUT2D eigenvalue weighted by Gasteiger charge is -2.17. The number of hydrogen-bond acceptors (Lipinski definition) is 5. The molecule has 2 aromatic carbocycles. The zero-order valence-corrected chi connectivity index (χ0v) is 16.2. The van der Waals surface area contributed by atoms with E-state index < -0.39 is 12.0 Å². The van der Waals surface area contributed by atoms with Crippen LogP contribution in [-0.2, 0) is 11.4 Å². The fourth-order valence-corrected chi connectivity index (χ4v) is 4.19. The van der Waals surface area contributed by atoms with Crippen molar-refractivity contribution in [1.29, 1.82) is 0 Å². The first-order valence-electron chi connectivity index (χ1n) is 7.83. The van der Waals surface area contributed by atoms with Gasteiger partial charge in [-0.2, -0.15) is 0 Å². The fraction of sp³-hybridized carbons (Fsp3) is 0.278. The summed E-state index contributed by atoms with van der Waals surface area (Å²) in [5.41, 5.74) is 1.80. The molecular formula is C18H17Cl2NO4S. The van der Waals surface area contributed by atoms with Gasteiger partial charge in [0.25, 0.3) is 0 Å². The Morgan fingerprint density at radius 1 is 1.31 bits per heavy atom. The third-order valence-electron chi connectivity index (χ3n) is 3.93. The van der Waals surface area contributed by atoms with Crippen molar-refractivity contribution >= 4 is 40.9 Å². The van der Waals surface area contributed by atoms with E-state index in [0.29, 0.717) is 33.9 Å². The zero-order chi connectivity index (χ0) is 18.7. The van der Waals surface area contributed by atoms with Crippen LogP contribution in [0.25, 0.3) is 0 Å². The normalized spacial score (nSPS) is 19.3. The Kier molecular flexibility index (Phi) is 6.19. The summed E-state index contributed by atoms with van der Waals surface area (Å²) in [5.74, 6) is 0.587. The first kappa shape index (κ1) is 19.2. The van der Waals surface area contributed by atoms with E-state index >= 15 is 0 Å². The monoisotopic (exact) mass is 413 g/mol. The first-order valence-corrected chi connectivity index (χ1v) is 9.63. The highest BCUT2D eigenvalue weighted by molar-refractivity contribution is 7.99. The Bertz CT molecular complexity index is 801. The number of aliphatic carboxylic acids is 1. The average molecular weight is 414 g/mol. The van der Waals surface area contributed by atoms with Gasteiger partial charge in [-0.15, -0.1) is 11.8 Å². The molecule has 2 N–H and O–H groups in total. The predicted octanol–water partition coefficient (Wildman–Crippen LogP) is 4.37. The molecule has 0 amide bonds. The van der Waals surface area contributed by atoms with Gasteiger partial charge < -0.3 is 14.6 Å². The van der Waals surface area contributed by atoms with E-state index in [1.165, 1.54) is 11.8 Å². The minimum atomic E-state index is -0.860. The molecule has 0 unspecified atom stereocenters. The van der Waals surface area contributed by atoms with E-state index in [1.54, 1.807) is 25.3 Å². The molecule has 0 saturated carbocycles. The van der Waals surface area contributed by atoms with Crippen LogP contribution in [0.1, 0.15) is 16.5 Å². The second-order valence-corrected chi connectivity index (χ2v) is 7.70. The van der Waals surface area contributed by atoms with E-state index in [1.807, 2.05) is 18.2 Å². The van der Waals surface area contributed by atoms with Gasteiger partial charge in [0, 0.05) is 10.8 Å². The van der Waals surface area contributed by atoms with Crippen molar-refractivity contribution in [3.05, 3.63) is 57.6 Å². The second kappa shape index (κ2) is 8.39. The summed E-state index contributed by atoms with van der Waals surface area (Å²) >= 11 is 13.8. The predicted molar refractivity (Wildman–Crippen MR) is 104 cm³/mol. The summed E-state index contributed by atoms with van der Waals surface area (Å²) in [6, 6.07) is 10.4. The van der Waals surface area contributed by atoms with Gasteiger partial charge in [0.05, 0.1) is 17.5 Å². The number of benzene rings is 2. The molecule has 138 valence electrons.